The highest BCUT2D eigenvalue weighted by atomic mass is 32.2. The van der Waals surface area contributed by atoms with Gasteiger partial charge in [-0.3, -0.25) is 0 Å². The van der Waals surface area contributed by atoms with E-state index in [-0.39, 0.29) is 10.9 Å². The third-order valence-electron chi connectivity index (χ3n) is 3.55. The average Bonchev–Trinajstić information content (AvgIpc) is 2.46. The number of methoxy groups -OCH3 is 1. The summed E-state index contributed by atoms with van der Waals surface area (Å²) >= 11 is 0. The molecule has 0 unspecified atom stereocenters. The Morgan fingerprint density at radius 3 is 2.57 bits per heavy atom. The van der Waals surface area contributed by atoms with Gasteiger partial charge < -0.3 is 10.1 Å². The third kappa shape index (κ3) is 3.81. The zero-order valence-electron chi connectivity index (χ0n) is 12.2. The van der Waals surface area contributed by atoms with E-state index >= 15 is 0 Å². The van der Waals surface area contributed by atoms with Crippen LogP contribution in [0.1, 0.15) is 28.8 Å². The molecule has 1 fully saturated rings. The van der Waals surface area contributed by atoms with E-state index in [0.29, 0.717) is 11.1 Å². The first kappa shape index (κ1) is 15.9. The van der Waals surface area contributed by atoms with E-state index in [2.05, 4.69) is 14.8 Å². The molecule has 1 aliphatic rings. The second-order valence-corrected chi connectivity index (χ2v) is 6.80. The van der Waals surface area contributed by atoms with Crippen molar-refractivity contribution in [3.63, 3.8) is 0 Å². The molecule has 0 aromatic heterocycles. The number of benzene rings is 1. The Kier molecular flexibility index (Phi) is 4.97. The van der Waals surface area contributed by atoms with E-state index in [0.717, 1.165) is 25.9 Å². The number of carbonyl (C=O) groups is 1. The molecule has 1 aromatic carbocycles. The summed E-state index contributed by atoms with van der Waals surface area (Å²) in [5.41, 5.74) is 0.871. The van der Waals surface area contributed by atoms with Crippen molar-refractivity contribution in [3.05, 3.63) is 29.3 Å². The Labute approximate surface area is 124 Å². The summed E-state index contributed by atoms with van der Waals surface area (Å²) in [5, 5.41) is 3.19. The number of carbonyl (C=O) groups excluding carboxylic acids is 1. The highest BCUT2D eigenvalue weighted by molar-refractivity contribution is 7.89. The molecule has 0 amide bonds. The van der Waals surface area contributed by atoms with Crippen LogP contribution >= 0.6 is 0 Å². The highest BCUT2D eigenvalue weighted by Crippen LogP contribution is 2.18. The van der Waals surface area contributed by atoms with E-state index in [4.69, 9.17) is 0 Å². The van der Waals surface area contributed by atoms with Gasteiger partial charge >= 0.3 is 5.97 Å². The minimum absolute atomic E-state index is 0.0454. The quantitative estimate of drug-likeness (QED) is 0.804. The van der Waals surface area contributed by atoms with Crippen LogP contribution in [0.2, 0.25) is 0 Å². The number of ether oxygens (including phenoxy) is 1. The van der Waals surface area contributed by atoms with Gasteiger partial charge in [-0.05, 0) is 56.6 Å². The Bertz CT molecular complexity index is 622. The van der Waals surface area contributed by atoms with Gasteiger partial charge in [0.05, 0.1) is 17.6 Å². The van der Waals surface area contributed by atoms with Gasteiger partial charge in [-0.15, -0.1) is 0 Å². The van der Waals surface area contributed by atoms with Crippen molar-refractivity contribution >= 4 is 16.0 Å². The smallest absolute Gasteiger partial charge is 0.337 e. The number of aryl methyl sites for hydroxylation is 1. The summed E-state index contributed by atoms with van der Waals surface area (Å²) in [6.45, 7) is 3.30. The van der Waals surface area contributed by atoms with Gasteiger partial charge in [0.25, 0.3) is 0 Å². The number of sulfonamides is 1. The predicted molar refractivity (Wildman–Crippen MR) is 78.7 cm³/mol. The minimum Gasteiger partial charge on any atom is -0.465 e. The third-order valence-corrected chi connectivity index (χ3v) is 5.23. The van der Waals surface area contributed by atoms with Crippen molar-refractivity contribution in [2.45, 2.75) is 30.7 Å². The number of hydrogen-bond donors (Lipinski definition) is 2. The SMILES string of the molecule is COC(=O)c1ccc(S(=O)(=O)NC2CCNCC2)c(C)c1. The lowest BCUT2D eigenvalue weighted by Gasteiger charge is -2.23. The van der Waals surface area contributed by atoms with Crippen molar-refractivity contribution in [3.8, 4) is 0 Å². The van der Waals surface area contributed by atoms with Gasteiger partial charge in [0.15, 0.2) is 0 Å². The molecule has 0 bridgehead atoms. The Morgan fingerprint density at radius 1 is 1.33 bits per heavy atom. The fraction of sp³-hybridized carbons (Fsp3) is 0.500. The van der Waals surface area contributed by atoms with Crippen LogP contribution in [0.4, 0.5) is 0 Å². The maximum absolute atomic E-state index is 12.4. The maximum Gasteiger partial charge on any atom is 0.337 e. The van der Waals surface area contributed by atoms with Crippen LogP contribution in [0, 0.1) is 6.92 Å². The molecular formula is C14H20N2O4S. The average molecular weight is 312 g/mol. The summed E-state index contributed by atoms with van der Waals surface area (Å²) in [5.74, 6) is -0.478. The normalized spacial score (nSPS) is 16.7. The number of hydrogen-bond acceptors (Lipinski definition) is 5. The molecule has 6 nitrogen and oxygen atoms in total. The van der Waals surface area contributed by atoms with E-state index in [1.807, 2.05) is 0 Å². The van der Waals surface area contributed by atoms with E-state index < -0.39 is 16.0 Å². The van der Waals surface area contributed by atoms with E-state index in [1.165, 1.54) is 25.3 Å². The molecule has 0 saturated carbocycles. The van der Waals surface area contributed by atoms with Crippen molar-refractivity contribution in [1.29, 1.82) is 0 Å². The van der Waals surface area contributed by atoms with Gasteiger partial charge in [0, 0.05) is 6.04 Å². The zero-order chi connectivity index (χ0) is 15.5. The van der Waals surface area contributed by atoms with E-state index in [1.54, 1.807) is 6.92 Å². The molecule has 0 radical (unpaired) electrons. The first-order valence-corrected chi connectivity index (χ1v) is 8.34. The molecule has 116 valence electrons. The first-order chi connectivity index (χ1) is 9.94. The molecule has 0 aliphatic carbocycles. The molecule has 2 rings (SSSR count). The van der Waals surface area contributed by atoms with Crippen molar-refractivity contribution in [1.82, 2.24) is 10.0 Å². The molecule has 21 heavy (non-hydrogen) atoms. The lowest BCUT2D eigenvalue weighted by molar-refractivity contribution is 0.0600. The zero-order valence-corrected chi connectivity index (χ0v) is 13.0. The molecular weight excluding hydrogens is 292 g/mol. The largest absolute Gasteiger partial charge is 0.465 e. The Hall–Kier alpha value is -1.44. The van der Waals surface area contributed by atoms with Gasteiger partial charge in [0.1, 0.15) is 0 Å². The lowest BCUT2D eigenvalue weighted by atomic mass is 10.1. The van der Waals surface area contributed by atoms with Crippen LogP contribution in [-0.2, 0) is 14.8 Å². The monoisotopic (exact) mass is 312 g/mol. The molecule has 0 spiro atoms. The van der Waals surface area contributed by atoms with Crippen LogP contribution in [0.15, 0.2) is 23.1 Å². The molecule has 1 saturated heterocycles. The molecule has 1 aliphatic heterocycles. The van der Waals surface area contributed by atoms with E-state index in [9.17, 15) is 13.2 Å². The lowest BCUT2D eigenvalue weighted by Crippen LogP contribution is -2.42. The number of rotatable bonds is 4. The summed E-state index contributed by atoms with van der Waals surface area (Å²) in [7, 11) is -2.28. The fourth-order valence-corrected chi connectivity index (χ4v) is 3.95. The molecule has 1 aromatic rings. The summed E-state index contributed by atoms with van der Waals surface area (Å²) < 4.78 is 32.2. The molecule has 7 heteroatoms. The maximum atomic E-state index is 12.4. The van der Waals surface area contributed by atoms with Crippen molar-refractivity contribution < 1.29 is 17.9 Å². The molecule has 0 atom stereocenters. The summed E-state index contributed by atoms with van der Waals surface area (Å²) in [6.07, 6.45) is 1.55. The molecule has 2 N–H and O–H groups in total. The van der Waals surface area contributed by atoms with Gasteiger partial charge in [0.2, 0.25) is 10.0 Å². The number of piperidine rings is 1. The number of nitrogens with one attached hydrogen (secondary N) is 2. The van der Waals surface area contributed by atoms with Crippen LogP contribution in [-0.4, -0.2) is 40.6 Å². The first-order valence-electron chi connectivity index (χ1n) is 6.86. The second-order valence-electron chi connectivity index (χ2n) is 5.12. The van der Waals surface area contributed by atoms with Crippen LogP contribution in [0.5, 0.6) is 0 Å². The second kappa shape index (κ2) is 6.55. The summed E-state index contributed by atoms with van der Waals surface area (Å²) in [6, 6.07) is 4.40. The fourth-order valence-electron chi connectivity index (χ4n) is 2.42. The summed E-state index contributed by atoms with van der Waals surface area (Å²) in [4.78, 5) is 11.7. The van der Waals surface area contributed by atoms with Crippen molar-refractivity contribution in [2.24, 2.45) is 0 Å². The minimum atomic E-state index is -3.57. The highest BCUT2D eigenvalue weighted by Gasteiger charge is 2.23. The predicted octanol–water partition coefficient (Wildman–Crippen LogP) is 0.812. The standard InChI is InChI=1S/C14H20N2O4S/c1-10-9-11(14(17)20-2)3-4-13(10)21(18,19)16-12-5-7-15-8-6-12/h3-4,9,12,15-16H,5-8H2,1-2H3. The van der Waals surface area contributed by atoms with Gasteiger partial charge in [-0.1, -0.05) is 0 Å². The van der Waals surface area contributed by atoms with Crippen LogP contribution < -0.4 is 10.0 Å². The van der Waals surface area contributed by atoms with Crippen LogP contribution in [0.3, 0.4) is 0 Å². The van der Waals surface area contributed by atoms with Gasteiger partial charge in [-0.2, -0.15) is 0 Å². The van der Waals surface area contributed by atoms with Crippen molar-refractivity contribution in [2.75, 3.05) is 20.2 Å². The Morgan fingerprint density at radius 2 is 2.00 bits per heavy atom. The number of esters is 1. The topological polar surface area (TPSA) is 84.5 Å². The Balaban J connectivity index is 2.21. The van der Waals surface area contributed by atoms with Crippen LogP contribution in [0.25, 0.3) is 0 Å². The molecule has 1 heterocycles. The van der Waals surface area contributed by atoms with Gasteiger partial charge in [-0.25, -0.2) is 17.9 Å².